The van der Waals surface area contributed by atoms with E-state index in [2.05, 4.69) is 15.8 Å². The van der Waals surface area contributed by atoms with Gasteiger partial charge in [0.05, 0.1) is 17.9 Å². The molecule has 5 N–H and O–H groups in total. The molecule has 129 valence electrons. The summed E-state index contributed by atoms with van der Waals surface area (Å²) in [6.07, 6.45) is 5.14. The molecule has 0 fully saturated rings. The molecule has 1 aromatic carbocycles. The fourth-order valence-electron chi connectivity index (χ4n) is 1.87. The van der Waals surface area contributed by atoms with Crippen molar-refractivity contribution in [1.29, 1.82) is 0 Å². The van der Waals surface area contributed by atoms with Gasteiger partial charge in [-0.1, -0.05) is 36.4 Å². The summed E-state index contributed by atoms with van der Waals surface area (Å²) in [7, 11) is 0. The molecule has 0 unspecified atom stereocenters. The zero-order valence-electron chi connectivity index (χ0n) is 13.8. The number of hydrogen-bond donors (Lipinski definition) is 3. The van der Waals surface area contributed by atoms with E-state index in [4.69, 9.17) is 16.3 Å². The van der Waals surface area contributed by atoms with Crippen LogP contribution in [0.2, 0.25) is 0 Å². The summed E-state index contributed by atoms with van der Waals surface area (Å²) < 4.78 is 0. The molecule has 1 amide bonds. The Kier molecular flexibility index (Phi) is 9.95. The predicted molar refractivity (Wildman–Crippen MR) is 94.3 cm³/mol. The van der Waals surface area contributed by atoms with Crippen molar-refractivity contribution in [2.24, 2.45) is 5.73 Å². The van der Waals surface area contributed by atoms with E-state index >= 15 is 0 Å². The standard InChI is InChI=1S/C17H20N5O2.Y/c18-15-10-14(16(19)23)11-21-17(15)20-8-4-5-9-22-24-12-13-6-2-1-3-7-13;/h1-7,10-11H,8-9,12,18H2,(H2,19,23)(H,20,21);/q-1;/b5-4+;. The van der Waals surface area contributed by atoms with Crippen LogP contribution in [0.5, 0.6) is 0 Å². The normalized spacial score (nSPS) is 10.4. The summed E-state index contributed by atoms with van der Waals surface area (Å²) in [5.41, 5.74) is 16.6. The Labute approximate surface area is 172 Å². The molecule has 1 radical (unpaired) electrons. The van der Waals surface area contributed by atoms with E-state index in [1.165, 1.54) is 12.3 Å². The van der Waals surface area contributed by atoms with E-state index < -0.39 is 5.91 Å². The molecule has 0 aliphatic heterocycles. The van der Waals surface area contributed by atoms with Crippen LogP contribution in [0.3, 0.4) is 0 Å². The number of carbonyl (C=O) groups is 1. The molecular weight excluding hydrogens is 395 g/mol. The molecule has 0 saturated heterocycles. The fourth-order valence-corrected chi connectivity index (χ4v) is 1.87. The number of nitrogens with zero attached hydrogens (tertiary/aromatic N) is 2. The van der Waals surface area contributed by atoms with E-state index in [1.807, 2.05) is 42.5 Å². The summed E-state index contributed by atoms with van der Waals surface area (Å²) in [5.74, 6) is -0.0559. The minimum atomic E-state index is -0.558. The minimum Gasteiger partial charge on any atom is -0.531 e. The maximum atomic E-state index is 11.0. The van der Waals surface area contributed by atoms with Crippen LogP contribution in [0.1, 0.15) is 15.9 Å². The second kappa shape index (κ2) is 11.7. The molecule has 7 nitrogen and oxygen atoms in total. The smallest absolute Gasteiger partial charge is 0.250 e. The van der Waals surface area contributed by atoms with Gasteiger partial charge in [-0.25, -0.2) is 4.98 Å². The number of aromatic nitrogens is 1. The van der Waals surface area contributed by atoms with Crippen molar-refractivity contribution in [2.75, 3.05) is 24.1 Å². The third-order valence-corrected chi connectivity index (χ3v) is 3.10. The second-order valence-corrected chi connectivity index (χ2v) is 4.95. The van der Waals surface area contributed by atoms with Gasteiger partial charge >= 0.3 is 0 Å². The van der Waals surface area contributed by atoms with Crippen LogP contribution in [-0.4, -0.2) is 24.0 Å². The number of nitrogens with one attached hydrogen (secondary N) is 1. The summed E-state index contributed by atoms with van der Waals surface area (Å²) in [6.45, 7) is 1.44. The number of nitrogens with two attached hydrogens (primary N) is 2. The molecule has 0 aliphatic rings. The van der Waals surface area contributed by atoms with Gasteiger partial charge in [-0.2, -0.15) is 0 Å². The SMILES string of the molecule is NC(=O)c1cnc(NC/C=C/C[N-]OCc2ccccc2)c(N)c1.[Y]. The van der Waals surface area contributed by atoms with Gasteiger partial charge in [0.2, 0.25) is 5.91 Å². The van der Waals surface area contributed by atoms with Gasteiger partial charge in [0, 0.05) is 45.5 Å². The number of anilines is 2. The van der Waals surface area contributed by atoms with Crippen molar-refractivity contribution >= 4 is 17.4 Å². The zero-order chi connectivity index (χ0) is 17.2. The molecule has 0 bridgehead atoms. The van der Waals surface area contributed by atoms with Crippen molar-refractivity contribution in [1.82, 2.24) is 4.98 Å². The van der Waals surface area contributed by atoms with Crippen LogP contribution in [-0.2, 0) is 44.2 Å². The molecule has 1 aromatic heterocycles. The van der Waals surface area contributed by atoms with Crippen LogP contribution < -0.4 is 16.8 Å². The third kappa shape index (κ3) is 7.75. The van der Waals surface area contributed by atoms with Crippen LogP contribution in [0, 0.1) is 0 Å². The molecule has 25 heavy (non-hydrogen) atoms. The van der Waals surface area contributed by atoms with Crippen molar-refractivity contribution in [3.8, 4) is 0 Å². The average Bonchev–Trinajstić information content (AvgIpc) is 2.59. The monoisotopic (exact) mass is 415 g/mol. The second-order valence-electron chi connectivity index (χ2n) is 4.95. The van der Waals surface area contributed by atoms with Crippen LogP contribution in [0.25, 0.3) is 5.48 Å². The van der Waals surface area contributed by atoms with Crippen molar-refractivity contribution < 1.29 is 42.3 Å². The summed E-state index contributed by atoms with van der Waals surface area (Å²) in [6, 6.07) is 11.3. The number of pyridine rings is 1. The van der Waals surface area contributed by atoms with E-state index in [0.29, 0.717) is 31.2 Å². The molecule has 8 heteroatoms. The number of hydrogen-bond acceptors (Lipinski definition) is 5. The summed E-state index contributed by atoms with van der Waals surface area (Å²) in [5, 5.41) is 3.04. The number of rotatable bonds is 9. The van der Waals surface area contributed by atoms with Gasteiger partial charge in [-0.05, 0) is 11.6 Å². The third-order valence-electron chi connectivity index (χ3n) is 3.10. The molecule has 0 spiro atoms. The number of hydroxylamine groups is 1. The maximum absolute atomic E-state index is 11.0. The average molecular weight is 415 g/mol. The van der Waals surface area contributed by atoms with Gasteiger partial charge < -0.3 is 27.1 Å². The number of amides is 1. The van der Waals surface area contributed by atoms with Gasteiger partial charge in [0.25, 0.3) is 0 Å². The Balaban J connectivity index is 0.00000312. The Morgan fingerprint density at radius 2 is 2.04 bits per heavy atom. The number of carbonyl (C=O) groups excluding carboxylic acids is 1. The summed E-state index contributed by atoms with van der Waals surface area (Å²) in [4.78, 5) is 20.3. The van der Waals surface area contributed by atoms with E-state index in [-0.39, 0.29) is 38.3 Å². The minimum absolute atomic E-state index is 0. The molecule has 2 rings (SSSR count). The molecule has 0 saturated carbocycles. The van der Waals surface area contributed by atoms with Crippen molar-refractivity contribution in [3.63, 3.8) is 0 Å². The van der Waals surface area contributed by atoms with Gasteiger partial charge in [-0.3, -0.25) is 4.79 Å². The maximum Gasteiger partial charge on any atom is 0.250 e. The Bertz CT molecular complexity index is 695. The quantitative estimate of drug-likeness (QED) is 0.330. The first kappa shape index (κ1) is 21.2. The summed E-state index contributed by atoms with van der Waals surface area (Å²) >= 11 is 0. The van der Waals surface area contributed by atoms with E-state index in [0.717, 1.165) is 5.56 Å². The first-order valence-electron chi connectivity index (χ1n) is 7.43. The number of nitrogen functional groups attached to an aromatic ring is 1. The zero-order valence-corrected chi connectivity index (χ0v) is 16.6. The predicted octanol–water partition coefficient (Wildman–Crippen LogP) is 2.23. The number of benzene rings is 1. The van der Waals surface area contributed by atoms with Crippen molar-refractivity contribution in [3.05, 3.63) is 71.4 Å². The van der Waals surface area contributed by atoms with Crippen molar-refractivity contribution in [2.45, 2.75) is 6.61 Å². The van der Waals surface area contributed by atoms with E-state index in [1.54, 1.807) is 0 Å². The fraction of sp³-hybridized carbons (Fsp3) is 0.176. The Morgan fingerprint density at radius 3 is 2.72 bits per heavy atom. The Hall–Kier alpha value is -1.80. The molecule has 1 heterocycles. The van der Waals surface area contributed by atoms with Crippen LogP contribution in [0.15, 0.2) is 54.7 Å². The molecule has 0 atom stereocenters. The molecule has 0 aliphatic carbocycles. The largest absolute Gasteiger partial charge is 0.531 e. The molecular formula is C17H20N5O2Y-. The Morgan fingerprint density at radius 1 is 1.28 bits per heavy atom. The van der Waals surface area contributed by atoms with Gasteiger partial charge in [-0.15, -0.1) is 12.6 Å². The van der Waals surface area contributed by atoms with Crippen LogP contribution >= 0.6 is 0 Å². The van der Waals surface area contributed by atoms with Gasteiger partial charge in [0.15, 0.2) is 0 Å². The van der Waals surface area contributed by atoms with Crippen LogP contribution in [0.4, 0.5) is 11.5 Å². The first-order valence-corrected chi connectivity index (χ1v) is 7.43. The van der Waals surface area contributed by atoms with Gasteiger partial charge in [0.1, 0.15) is 5.82 Å². The van der Waals surface area contributed by atoms with E-state index in [9.17, 15) is 4.79 Å². The first-order chi connectivity index (χ1) is 11.7. The topological polar surface area (TPSA) is 117 Å². The number of primary amides is 1. The molecule has 2 aromatic rings.